The summed E-state index contributed by atoms with van der Waals surface area (Å²) < 4.78 is 55.5. The Balaban J connectivity index is 1.27. The predicted octanol–water partition coefficient (Wildman–Crippen LogP) is 11.2. The molecule has 0 aliphatic carbocycles. The number of benzene rings is 5. The molecule has 0 bridgehead atoms. The Morgan fingerprint density at radius 3 is 1.81 bits per heavy atom. The molecule has 0 radical (unpaired) electrons. The number of para-hydroxylation sites is 1. The first-order chi connectivity index (χ1) is 25.3. The zero-order valence-corrected chi connectivity index (χ0v) is 30.3. The van der Waals surface area contributed by atoms with Crippen LogP contribution in [0.25, 0.3) is 17.2 Å². The van der Waals surface area contributed by atoms with Gasteiger partial charge in [-0.15, -0.1) is 0 Å². The van der Waals surface area contributed by atoms with Crippen LogP contribution in [0.2, 0.25) is 0 Å². The molecule has 0 saturated heterocycles. The summed E-state index contributed by atoms with van der Waals surface area (Å²) in [5.74, 6) is 0.121. The zero-order valence-electron chi connectivity index (χ0n) is 30.3. The molecule has 0 heterocycles. The predicted molar refractivity (Wildman–Crippen MR) is 202 cm³/mol. The molecule has 274 valence electrons. The Kier molecular flexibility index (Phi) is 12.6. The van der Waals surface area contributed by atoms with Gasteiger partial charge < -0.3 is 14.2 Å². The second kappa shape index (κ2) is 17.3. The summed E-state index contributed by atoms with van der Waals surface area (Å²) in [6, 6.07) is 35.5. The van der Waals surface area contributed by atoms with Crippen molar-refractivity contribution in [2.75, 3.05) is 7.11 Å². The van der Waals surface area contributed by atoms with Crippen LogP contribution in [-0.4, -0.2) is 24.6 Å². The average Bonchev–Trinajstić information content (AvgIpc) is 3.14. The lowest BCUT2D eigenvalue weighted by atomic mass is 9.91. The number of hydrogen-bond donors (Lipinski definition) is 0. The van der Waals surface area contributed by atoms with E-state index in [-0.39, 0.29) is 17.9 Å². The maximum Gasteiger partial charge on any atom is 0.416 e. The second-order valence-electron chi connectivity index (χ2n) is 13.8. The van der Waals surface area contributed by atoms with Gasteiger partial charge in [0.2, 0.25) is 0 Å². The van der Waals surface area contributed by atoms with Gasteiger partial charge in [0.1, 0.15) is 18.0 Å². The highest BCUT2D eigenvalue weighted by Crippen LogP contribution is 2.31. The van der Waals surface area contributed by atoms with Gasteiger partial charge in [-0.25, -0.2) is 9.59 Å². The molecular formula is C45H43F3O5. The van der Waals surface area contributed by atoms with E-state index in [0.717, 1.165) is 65.0 Å². The third-order valence-corrected chi connectivity index (χ3v) is 8.63. The molecule has 0 saturated carbocycles. The van der Waals surface area contributed by atoms with Crippen molar-refractivity contribution in [3.8, 4) is 16.9 Å². The Morgan fingerprint density at radius 1 is 0.679 bits per heavy atom. The number of carbonyl (C=O) groups is 2. The summed E-state index contributed by atoms with van der Waals surface area (Å²) in [7, 11) is 1.36. The van der Waals surface area contributed by atoms with E-state index in [4.69, 9.17) is 14.2 Å². The summed E-state index contributed by atoms with van der Waals surface area (Å²) in [4.78, 5) is 24.5. The van der Waals surface area contributed by atoms with Gasteiger partial charge >= 0.3 is 18.1 Å². The molecule has 5 aromatic rings. The van der Waals surface area contributed by atoms with Gasteiger partial charge in [-0.1, -0.05) is 91.0 Å². The van der Waals surface area contributed by atoms with Crippen LogP contribution in [0, 0.1) is 5.92 Å². The molecule has 0 N–H and O–H groups in total. The summed E-state index contributed by atoms with van der Waals surface area (Å²) in [5, 5.41) is 0. The third kappa shape index (κ3) is 11.4. The van der Waals surface area contributed by atoms with Crippen molar-refractivity contribution in [2.24, 2.45) is 5.92 Å². The monoisotopic (exact) mass is 720 g/mol. The van der Waals surface area contributed by atoms with E-state index < -0.39 is 17.3 Å². The van der Waals surface area contributed by atoms with E-state index in [1.165, 1.54) is 19.2 Å². The van der Waals surface area contributed by atoms with E-state index in [1.807, 2.05) is 93.6 Å². The third-order valence-electron chi connectivity index (χ3n) is 8.63. The molecule has 0 amide bonds. The van der Waals surface area contributed by atoms with Crippen LogP contribution in [0.5, 0.6) is 5.75 Å². The lowest BCUT2D eigenvalue weighted by Crippen LogP contribution is -2.23. The van der Waals surface area contributed by atoms with Crippen LogP contribution in [0.3, 0.4) is 0 Å². The number of esters is 2. The molecule has 0 aliphatic rings. The van der Waals surface area contributed by atoms with Crippen molar-refractivity contribution in [3.63, 3.8) is 0 Å². The zero-order chi connectivity index (χ0) is 38.0. The number of alkyl halides is 3. The molecule has 0 aromatic heterocycles. The fourth-order valence-electron chi connectivity index (χ4n) is 5.76. The molecule has 0 spiro atoms. The van der Waals surface area contributed by atoms with E-state index in [9.17, 15) is 22.8 Å². The number of carbonyl (C=O) groups excluding carboxylic acids is 2. The Hall–Kier alpha value is -5.63. The fraction of sp³-hybridized carbons (Fsp3) is 0.244. The van der Waals surface area contributed by atoms with Crippen LogP contribution in [0.15, 0.2) is 127 Å². The van der Waals surface area contributed by atoms with Crippen LogP contribution in [0.4, 0.5) is 13.2 Å². The first kappa shape index (κ1) is 38.6. The first-order valence-electron chi connectivity index (χ1n) is 17.4. The summed E-state index contributed by atoms with van der Waals surface area (Å²) in [6.45, 7) is 5.84. The normalized spacial score (nSPS) is 12.4. The van der Waals surface area contributed by atoms with Gasteiger partial charge in [-0.2, -0.15) is 13.2 Å². The highest BCUT2D eigenvalue weighted by molar-refractivity contribution is 5.90. The number of methoxy groups -OCH3 is 1. The van der Waals surface area contributed by atoms with Gasteiger partial charge in [-0.3, -0.25) is 0 Å². The summed E-state index contributed by atoms with van der Waals surface area (Å²) in [5.41, 5.74) is 5.30. The van der Waals surface area contributed by atoms with E-state index in [2.05, 4.69) is 12.2 Å². The van der Waals surface area contributed by atoms with Crippen molar-refractivity contribution in [3.05, 3.63) is 166 Å². The fourth-order valence-corrected chi connectivity index (χ4v) is 5.76. The number of hydrogen-bond acceptors (Lipinski definition) is 5. The minimum atomic E-state index is -4.37. The number of aryl methyl sites for hydroxylation is 1. The van der Waals surface area contributed by atoms with E-state index in [0.29, 0.717) is 23.3 Å². The standard InChI is InChI=1S/C45H43F3O5/c1-44(2,3)53-43(50)39-21-11-31(12-22-39)9-10-32(29-33-14-23-38(24-15-33)42(49)51-4)13-20-37-7-5-6-8-41(37)52-30-34-16-18-35(19-17-34)36-25-27-40(28-26-36)45(46,47)48/h5-8,11-28,32H,9-10,29-30H2,1-4H3/b20-13+. The number of allylic oxidation sites excluding steroid dienone is 1. The topological polar surface area (TPSA) is 61.8 Å². The quantitative estimate of drug-likeness (QED) is 0.113. The van der Waals surface area contributed by atoms with Crippen molar-refractivity contribution in [1.82, 2.24) is 0 Å². The van der Waals surface area contributed by atoms with Gasteiger partial charge in [0, 0.05) is 5.56 Å². The largest absolute Gasteiger partial charge is 0.488 e. The van der Waals surface area contributed by atoms with Crippen molar-refractivity contribution in [1.29, 1.82) is 0 Å². The minimum absolute atomic E-state index is 0.135. The van der Waals surface area contributed by atoms with Gasteiger partial charge in [0.15, 0.2) is 0 Å². The van der Waals surface area contributed by atoms with E-state index in [1.54, 1.807) is 24.3 Å². The highest BCUT2D eigenvalue weighted by Gasteiger charge is 2.30. The lowest BCUT2D eigenvalue weighted by Gasteiger charge is -2.19. The van der Waals surface area contributed by atoms with Crippen LogP contribution in [0.1, 0.15) is 75.7 Å². The Bertz CT molecular complexity index is 1990. The lowest BCUT2D eigenvalue weighted by molar-refractivity contribution is -0.137. The summed E-state index contributed by atoms with van der Waals surface area (Å²) in [6.07, 6.45) is 2.23. The number of halogens is 3. The molecule has 0 aliphatic heterocycles. The molecule has 1 unspecified atom stereocenters. The van der Waals surface area contributed by atoms with Crippen molar-refractivity contribution >= 4 is 18.0 Å². The van der Waals surface area contributed by atoms with Gasteiger partial charge in [0.05, 0.1) is 23.8 Å². The molecule has 5 aromatic carbocycles. The second-order valence-corrected chi connectivity index (χ2v) is 13.8. The highest BCUT2D eigenvalue weighted by atomic mass is 19.4. The maximum atomic E-state index is 13.0. The smallest absolute Gasteiger partial charge is 0.416 e. The van der Waals surface area contributed by atoms with Crippen molar-refractivity contribution < 1.29 is 37.0 Å². The molecule has 8 heteroatoms. The number of rotatable bonds is 13. The Labute approximate surface area is 309 Å². The van der Waals surface area contributed by atoms with Crippen LogP contribution in [-0.2, 0) is 35.1 Å². The molecule has 53 heavy (non-hydrogen) atoms. The molecule has 5 rings (SSSR count). The average molecular weight is 721 g/mol. The number of ether oxygens (including phenoxy) is 3. The minimum Gasteiger partial charge on any atom is -0.488 e. The first-order valence-corrected chi connectivity index (χ1v) is 17.4. The summed E-state index contributed by atoms with van der Waals surface area (Å²) >= 11 is 0. The van der Waals surface area contributed by atoms with Crippen LogP contribution < -0.4 is 4.74 Å². The molecule has 0 fully saturated rings. The van der Waals surface area contributed by atoms with E-state index >= 15 is 0 Å². The SMILES string of the molecule is COC(=O)c1ccc(CC(/C=C/c2ccccc2OCc2ccc(-c3ccc(C(F)(F)F)cc3)cc2)CCc2ccc(C(=O)OC(C)(C)C)cc2)cc1. The van der Waals surface area contributed by atoms with Gasteiger partial charge in [-0.05, 0) is 116 Å². The molecule has 1 atom stereocenters. The maximum absolute atomic E-state index is 13.0. The molecule has 5 nitrogen and oxygen atoms in total. The molecular weight excluding hydrogens is 677 g/mol. The van der Waals surface area contributed by atoms with Crippen molar-refractivity contribution in [2.45, 2.75) is 58.4 Å². The van der Waals surface area contributed by atoms with Gasteiger partial charge in [0.25, 0.3) is 0 Å². The van der Waals surface area contributed by atoms with Crippen LogP contribution >= 0.6 is 0 Å². The Morgan fingerprint density at radius 2 is 1.23 bits per heavy atom.